The van der Waals surface area contributed by atoms with E-state index in [1.165, 1.54) is 5.69 Å². The predicted octanol–water partition coefficient (Wildman–Crippen LogP) is 1.86. The van der Waals surface area contributed by atoms with E-state index in [4.69, 9.17) is 4.74 Å². The molecule has 5 nitrogen and oxygen atoms in total. The first kappa shape index (κ1) is 12.0. The third-order valence-electron chi connectivity index (χ3n) is 3.28. The van der Waals surface area contributed by atoms with Crippen LogP contribution < -0.4 is 10.2 Å². The Kier molecular flexibility index (Phi) is 3.65. The Labute approximate surface area is 112 Å². The molecule has 1 saturated heterocycles. The van der Waals surface area contributed by atoms with Crippen LogP contribution in [0, 0.1) is 0 Å². The summed E-state index contributed by atoms with van der Waals surface area (Å²) >= 11 is 0. The number of benzene rings is 1. The Morgan fingerprint density at radius 1 is 1.16 bits per heavy atom. The Morgan fingerprint density at radius 3 is 2.63 bits per heavy atom. The summed E-state index contributed by atoms with van der Waals surface area (Å²) in [5.74, 6) is 0. The maximum Gasteiger partial charge on any atom is 0.0642 e. The molecule has 0 aliphatic carbocycles. The highest BCUT2D eigenvalue weighted by molar-refractivity contribution is 5.55. The molecule has 1 fully saturated rings. The van der Waals surface area contributed by atoms with Crippen molar-refractivity contribution in [1.29, 1.82) is 0 Å². The van der Waals surface area contributed by atoms with Crippen LogP contribution in [0.3, 0.4) is 0 Å². The number of H-pyrrole nitrogens is 1. The Morgan fingerprint density at radius 2 is 1.95 bits per heavy atom. The van der Waals surface area contributed by atoms with Crippen LogP contribution in [0.4, 0.5) is 11.4 Å². The van der Waals surface area contributed by atoms with Gasteiger partial charge in [-0.05, 0) is 30.3 Å². The second-order valence-electron chi connectivity index (χ2n) is 4.58. The van der Waals surface area contributed by atoms with Crippen LogP contribution in [0.2, 0.25) is 0 Å². The summed E-state index contributed by atoms with van der Waals surface area (Å²) in [6, 6.07) is 10.5. The fraction of sp³-hybridized carbons (Fsp3) is 0.357. The van der Waals surface area contributed by atoms with Crippen molar-refractivity contribution in [3.05, 3.63) is 42.2 Å². The monoisotopic (exact) mass is 258 g/mol. The van der Waals surface area contributed by atoms with Crippen LogP contribution in [0.15, 0.2) is 36.5 Å². The minimum absolute atomic E-state index is 0.761. The van der Waals surface area contributed by atoms with Crippen molar-refractivity contribution >= 4 is 11.4 Å². The highest BCUT2D eigenvalue weighted by atomic mass is 16.5. The summed E-state index contributed by atoms with van der Waals surface area (Å²) in [4.78, 5) is 2.35. The van der Waals surface area contributed by atoms with Crippen molar-refractivity contribution in [3.8, 4) is 0 Å². The van der Waals surface area contributed by atoms with Crippen molar-refractivity contribution in [2.24, 2.45) is 0 Å². The van der Waals surface area contributed by atoms with Gasteiger partial charge in [-0.15, -0.1) is 0 Å². The molecular weight excluding hydrogens is 240 g/mol. The van der Waals surface area contributed by atoms with Gasteiger partial charge >= 0.3 is 0 Å². The molecule has 1 aliphatic rings. The predicted molar refractivity (Wildman–Crippen MR) is 75.4 cm³/mol. The molecule has 0 radical (unpaired) electrons. The first-order valence-corrected chi connectivity index (χ1v) is 6.57. The topological polar surface area (TPSA) is 53.2 Å². The molecule has 5 heteroatoms. The van der Waals surface area contributed by atoms with Crippen molar-refractivity contribution in [2.75, 3.05) is 36.5 Å². The summed E-state index contributed by atoms with van der Waals surface area (Å²) in [7, 11) is 0. The number of rotatable bonds is 4. The number of nitrogens with zero attached hydrogens (tertiary/aromatic N) is 2. The lowest BCUT2D eigenvalue weighted by Crippen LogP contribution is -2.36. The minimum Gasteiger partial charge on any atom is -0.379 e. The lowest BCUT2D eigenvalue weighted by atomic mass is 10.2. The summed E-state index contributed by atoms with van der Waals surface area (Å²) < 4.78 is 5.36. The van der Waals surface area contributed by atoms with Crippen LogP contribution in [0.25, 0.3) is 0 Å². The number of morpholine rings is 1. The second kappa shape index (κ2) is 5.75. The van der Waals surface area contributed by atoms with Gasteiger partial charge in [0.2, 0.25) is 0 Å². The van der Waals surface area contributed by atoms with Crippen molar-refractivity contribution in [3.63, 3.8) is 0 Å². The van der Waals surface area contributed by atoms with Gasteiger partial charge in [-0.2, -0.15) is 5.10 Å². The number of nitrogens with one attached hydrogen (secondary N) is 2. The van der Waals surface area contributed by atoms with E-state index in [-0.39, 0.29) is 0 Å². The van der Waals surface area contributed by atoms with Gasteiger partial charge in [-0.1, -0.05) is 0 Å². The SMILES string of the molecule is c1cc(CNc2ccc(N3CCOCC3)cc2)[nH]n1. The molecule has 0 atom stereocenters. The van der Waals surface area contributed by atoms with Crippen molar-refractivity contribution in [1.82, 2.24) is 10.2 Å². The van der Waals surface area contributed by atoms with Gasteiger partial charge in [0.1, 0.15) is 0 Å². The summed E-state index contributed by atoms with van der Waals surface area (Å²) in [5.41, 5.74) is 3.46. The zero-order valence-corrected chi connectivity index (χ0v) is 10.8. The van der Waals surface area contributed by atoms with Crippen molar-refractivity contribution in [2.45, 2.75) is 6.54 Å². The molecule has 0 spiro atoms. The van der Waals surface area contributed by atoms with E-state index in [1.807, 2.05) is 6.07 Å². The fourth-order valence-electron chi connectivity index (χ4n) is 2.19. The van der Waals surface area contributed by atoms with Crippen molar-refractivity contribution < 1.29 is 4.74 Å². The molecule has 1 aromatic carbocycles. The Balaban J connectivity index is 1.58. The third kappa shape index (κ3) is 3.06. The molecular formula is C14H18N4O. The molecule has 0 unspecified atom stereocenters. The molecule has 2 N–H and O–H groups in total. The molecule has 0 amide bonds. The van der Waals surface area contributed by atoms with E-state index >= 15 is 0 Å². The van der Waals surface area contributed by atoms with Gasteiger partial charge < -0.3 is 15.0 Å². The molecule has 100 valence electrons. The van der Waals surface area contributed by atoms with E-state index in [0.717, 1.165) is 44.2 Å². The molecule has 0 saturated carbocycles. The molecule has 2 heterocycles. The van der Waals surface area contributed by atoms with Gasteiger partial charge in [-0.25, -0.2) is 0 Å². The first-order valence-electron chi connectivity index (χ1n) is 6.57. The molecule has 1 aromatic heterocycles. The van der Waals surface area contributed by atoms with Crippen LogP contribution in [-0.4, -0.2) is 36.5 Å². The van der Waals surface area contributed by atoms with Crippen LogP contribution in [0.5, 0.6) is 0 Å². The lowest BCUT2D eigenvalue weighted by molar-refractivity contribution is 0.122. The largest absolute Gasteiger partial charge is 0.379 e. The standard InChI is InChI=1S/C14H18N4O/c1-3-14(18-7-9-19-10-8-18)4-2-12(1)15-11-13-5-6-16-17-13/h1-6,15H,7-11H2,(H,16,17). The maximum atomic E-state index is 5.36. The van der Waals surface area contributed by atoms with Gasteiger partial charge in [0, 0.05) is 30.7 Å². The summed E-state index contributed by atoms with van der Waals surface area (Å²) in [5, 5.41) is 10.2. The van der Waals surface area contributed by atoms with Crippen LogP contribution in [-0.2, 0) is 11.3 Å². The van der Waals surface area contributed by atoms with E-state index in [1.54, 1.807) is 6.20 Å². The number of aromatic amines is 1. The Hall–Kier alpha value is -2.01. The molecule has 3 rings (SSSR count). The summed E-state index contributed by atoms with van der Waals surface area (Å²) in [6.45, 7) is 4.35. The highest BCUT2D eigenvalue weighted by Crippen LogP contribution is 2.19. The number of hydrogen-bond acceptors (Lipinski definition) is 4. The van der Waals surface area contributed by atoms with E-state index in [0.29, 0.717) is 0 Å². The van der Waals surface area contributed by atoms with E-state index in [9.17, 15) is 0 Å². The van der Waals surface area contributed by atoms with Crippen LogP contribution in [0.1, 0.15) is 5.69 Å². The average molecular weight is 258 g/mol. The number of aromatic nitrogens is 2. The molecule has 19 heavy (non-hydrogen) atoms. The Bertz CT molecular complexity index is 489. The minimum atomic E-state index is 0.761. The highest BCUT2D eigenvalue weighted by Gasteiger charge is 2.10. The van der Waals surface area contributed by atoms with Gasteiger partial charge in [0.25, 0.3) is 0 Å². The fourth-order valence-corrected chi connectivity index (χ4v) is 2.19. The zero-order chi connectivity index (χ0) is 12.9. The molecule has 0 bridgehead atoms. The number of anilines is 2. The lowest BCUT2D eigenvalue weighted by Gasteiger charge is -2.28. The zero-order valence-electron chi connectivity index (χ0n) is 10.8. The number of ether oxygens (including phenoxy) is 1. The van der Waals surface area contributed by atoms with Gasteiger partial charge in [-0.3, -0.25) is 5.10 Å². The van der Waals surface area contributed by atoms with E-state index in [2.05, 4.69) is 44.7 Å². The maximum absolute atomic E-state index is 5.36. The van der Waals surface area contributed by atoms with Crippen LogP contribution >= 0.6 is 0 Å². The number of hydrogen-bond donors (Lipinski definition) is 2. The van der Waals surface area contributed by atoms with E-state index < -0.39 is 0 Å². The molecule has 2 aromatic rings. The first-order chi connectivity index (χ1) is 9.42. The second-order valence-corrected chi connectivity index (χ2v) is 4.58. The van der Waals surface area contributed by atoms with Gasteiger partial charge in [0.15, 0.2) is 0 Å². The third-order valence-corrected chi connectivity index (χ3v) is 3.28. The summed E-state index contributed by atoms with van der Waals surface area (Å²) in [6.07, 6.45) is 1.76. The normalized spacial score (nSPS) is 15.5. The quantitative estimate of drug-likeness (QED) is 0.879. The average Bonchev–Trinajstić information content (AvgIpc) is 3.00. The smallest absolute Gasteiger partial charge is 0.0642 e. The van der Waals surface area contributed by atoms with Gasteiger partial charge in [0.05, 0.1) is 25.5 Å². The molecule has 1 aliphatic heterocycles.